The molecule has 3 aromatic rings. The van der Waals surface area contributed by atoms with Crippen molar-refractivity contribution in [2.24, 2.45) is 11.7 Å². The molecule has 1 heterocycles. The van der Waals surface area contributed by atoms with Gasteiger partial charge in [0.25, 0.3) is 0 Å². The summed E-state index contributed by atoms with van der Waals surface area (Å²) in [7, 11) is 0. The number of hydrogen-bond donors (Lipinski definition) is 5. The lowest BCUT2D eigenvalue weighted by molar-refractivity contribution is -0.143. The molecule has 1 aliphatic rings. The van der Waals surface area contributed by atoms with Crippen molar-refractivity contribution in [1.82, 2.24) is 20.9 Å². The van der Waals surface area contributed by atoms with Gasteiger partial charge in [-0.25, -0.2) is 4.79 Å². The number of carboxylic acids is 1. The number of carbonyl (C=O) groups is 5. The van der Waals surface area contributed by atoms with Crippen LogP contribution in [-0.2, 0) is 43.2 Å². The van der Waals surface area contributed by atoms with Crippen molar-refractivity contribution >= 4 is 29.6 Å². The molecule has 4 amide bonds. The number of rotatable bonds is 16. The van der Waals surface area contributed by atoms with Crippen molar-refractivity contribution < 1.29 is 29.1 Å². The number of nitrogens with two attached hydrogens (primary N) is 1. The number of nitrogens with one attached hydrogen (secondary N) is 3. The predicted molar refractivity (Wildman–Crippen MR) is 186 cm³/mol. The zero-order valence-electron chi connectivity index (χ0n) is 28.1. The number of aliphatic carboxylic acids is 1. The molecule has 0 aliphatic carbocycles. The molecule has 11 heteroatoms. The molecule has 1 fully saturated rings. The van der Waals surface area contributed by atoms with Crippen molar-refractivity contribution in [1.29, 1.82) is 0 Å². The average molecular weight is 670 g/mol. The van der Waals surface area contributed by atoms with Crippen LogP contribution < -0.4 is 21.7 Å². The van der Waals surface area contributed by atoms with Crippen LogP contribution in [0.15, 0.2) is 91.0 Å². The summed E-state index contributed by atoms with van der Waals surface area (Å²) in [6.45, 7) is 4.22. The first-order valence-corrected chi connectivity index (χ1v) is 16.8. The van der Waals surface area contributed by atoms with Crippen molar-refractivity contribution in [2.45, 2.75) is 82.6 Å². The fourth-order valence-corrected chi connectivity index (χ4v) is 6.10. The molecule has 6 N–H and O–H groups in total. The normalized spacial score (nSPS) is 16.7. The van der Waals surface area contributed by atoms with Gasteiger partial charge in [0.1, 0.15) is 24.2 Å². The van der Waals surface area contributed by atoms with Crippen molar-refractivity contribution in [2.75, 3.05) is 6.54 Å². The van der Waals surface area contributed by atoms with E-state index in [0.717, 1.165) is 16.7 Å². The van der Waals surface area contributed by atoms with E-state index in [1.54, 1.807) is 24.3 Å². The minimum atomic E-state index is -1.22. The monoisotopic (exact) mass is 669 g/mol. The maximum absolute atomic E-state index is 14.1. The molecule has 0 unspecified atom stereocenters. The first-order valence-electron chi connectivity index (χ1n) is 16.8. The quantitative estimate of drug-likeness (QED) is 0.156. The van der Waals surface area contributed by atoms with Crippen LogP contribution in [0.4, 0.5) is 0 Å². The van der Waals surface area contributed by atoms with Gasteiger partial charge in [0, 0.05) is 25.8 Å². The van der Waals surface area contributed by atoms with Crippen LogP contribution in [0.2, 0.25) is 0 Å². The first kappa shape index (κ1) is 36.8. The smallest absolute Gasteiger partial charge is 0.326 e. The van der Waals surface area contributed by atoms with Gasteiger partial charge in [0.2, 0.25) is 23.6 Å². The largest absolute Gasteiger partial charge is 0.480 e. The molecular weight excluding hydrogens is 622 g/mol. The third-order valence-corrected chi connectivity index (χ3v) is 8.61. The molecule has 0 bridgehead atoms. The number of carboxylic acid groups (broad SMARTS) is 1. The Morgan fingerprint density at radius 1 is 0.714 bits per heavy atom. The third kappa shape index (κ3) is 11.0. The van der Waals surface area contributed by atoms with Gasteiger partial charge < -0.3 is 31.7 Å². The van der Waals surface area contributed by atoms with Gasteiger partial charge in [0.05, 0.1) is 6.04 Å². The van der Waals surface area contributed by atoms with Gasteiger partial charge in [0.15, 0.2) is 0 Å². The molecule has 49 heavy (non-hydrogen) atoms. The Labute approximate surface area is 287 Å². The molecule has 3 aromatic carbocycles. The Hall–Kier alpha value is -5.03. The lowest BCUT2D eigenvalue weighted by atomic mass is 10.0. The van der Waals surface area contributed by atoms with E-state index in [9.17, 15) is 29.1 Å². The van der Waals surface area contributed by atoms with E-state index in [2.05, 4.69) is 16.0 Å². The van der Waals surface area contributed by atoms with E-state index < -0.39 is 59.8 Å². The van der Waals surface area contributed by atoms with Gasteiger partial charge >= 0.3 is 5.97 Å². The number of amides is 4. The van der Waals surface area contributed by atoms with Crippen molar-refractivity contribution in [3.63, 3.8) is 0 Å². The molecule has 0 radical (unpaired) electrons. The average Bonchev–Trinajstić information content (AvgIpc) is 3.58. The van der Waals surface area contributed by atoms with Crippen molar-refractivity contribution in [3.05, 3.63) is 108 Å². The summed E-state index contributed by atoms with van der Waals surface area (Å²) in [6.07, 6.45) is 1.75. The van der Waals surface area contributed by atoms with Crippen LogP contribution in [0, 0.1) is 5.92 Å². The molecule has 0 spiro atoms. The number of nitrogens with zero attached hydrogens (tertiary/aromatic N) is 1. The molecule has 1 saturated heterocycles. The maximum Gasteiger partial charge on any atom is 0.326 e. The Kier molecular flexibility index (Phi) is 13.5. The van der Waals surface area contributed by atoms with E-state index in [-0.39, 0.29) is 25.2 Å². The summed E-state index contributed by atoms with van der Waals surface area (Å²) in [6, 6.07) is 22.4. The predicted octanol–water partition coefficient (Wildman–Crippen LogP) is 2.62. The maximum atomic E-state index is 14.1. The summed E-state index contributed by atoms with van der Waals surface area (Å²) in [4.78, 5) is 68.4. The van der Waals surface area contributed by atoms with E-state index in [4.69, 9.17) is 5.73 Å². The second-order valence-electron chi connectivity index (χ2n) is 13.0. The minimum Gasteiger partial charge on any atom is -0.480 e. The summed E-state index contributed by atoms with van der Waals surface area (Å²) < 4.78 is 0. The van der Waals surface area contributed by atoms with Gasteiger partial charge in [-0.3, -0.25) is 19.2 Å². The molecule has 260 valence electrons. The summed E-state index contributed by atoms with van der Waals surface area (Å²) in [5.74, 6) is -3.05. The zero-order valence-corrected chi connectivity index (χ0v) is 28.1. The molecule has 11 nitrogen and oxygen atoms in total. The molecule has 5 atom stereocenters. The third-order valence-electron chi connectivity index (χ3n) is 8.61. The van der Waals surface area contributed by atoms with Crippen LogP contribution in [0.1, 0.15) is 49.8 Å². The van der Waals surface area contributed by atoms with Gasteiger partial charge in [-0.05, 0) is 41.9 Å². The number of benzene rings is 3. The Balaban J connectivity index is 1.53. The van der Waals surface area contributed by atoms with Crippen LogP contribution >= 0.6 is 0 Å². The van der Waals surface area contributed by atoms with Crippen LogP contribution in [0.3, 0.4) is 0 Å². The summed E-state index contributed by atoms with van der Waals surface area (Å²) in [5, 5.41) is 18.2. The standard InChI is InChI=1S/C38H47N5O6/c1-25(2)21-29(39)34(44)41-31(23-27-15-8-4-9-16-27)37(47)43-20-12-19-33(43)36(46)40-30(22-26-13-6-3-7-14-26)35(45)42-32(38(48)49)24-28-17-10-5-11-18-28/h3-11,13-18,25,29-33H,12,19-24,39H2,1-2H3,(H,40,46)(H,41,44)(H,42,45)(H,48,49)/t29-,30-,31-,32-,33-/m0/s1. The zero-order chi connectivity index (χ0) is 35.3. The van der Waals surface area contributed by atoms with Crippen LogP contribution in [0.25, 0.3) is 0 Å². The highest BCUT2D eigenvalue weighted by molar-refractivity contribution is 5.96. The highest BCUT2D eigenvalue weighted by Gasteiger charge is 2.39. The number of hydrogen-bond acceptors (Lipinski definition) is 6. The fraction of sp³-hybridized carbons (Fsp3) is 0.395. The van der Waals surface area contributed by atoms with Crippen molar-refractivity contribution in [3.8, 4) is 0 Å². The van der Waals surface area contributed by atoms with E-state index >= 15 is 0 Å². The van der Waals surface area contributed by atoms with Crippen LogP contribution in [-0.4, -0.2) is 76.4 Å². The topological polar surface area (TPSA) is 171 Å². The second-order valence-corrected chi connectivity index (χ2v) is 13.0. The van der Waals surface area contributed by atoms with Gasteiger partial charge in [-0.1, -0.05) is 105 Å². The minimum absolute atomic E-state index is 0.0637. The Bertz CT molecular complexity index is 1550. The van der Waals surface area contributed by atoms with E-state index in [1.807, 2.05) is 80.6 Å². The van der Waals surface area contributed by atoms with Gasteiger partial charge in [-0.15, -0.1) is 0 Å². The lowest BCUT2D eigenvalue weighted by Crippen LogP contribution is -2.59. The SMILES string of the molecule is CC(C)C[C@H](N)C(=O)N[C@@H](Cc1ccccc1)C(=O)N1CCC[C@H]1C(=O)N[C@@H](Cc1ccccc1)C(=O)N[C@@H](Cc1ccccc1)C(=O)O. The summed E-state index contributed by atoms with van der Waals surface area (Å²) >= 11 is 0. The fourth-order valence-electron chi connectivity index (χ4n) is 6.10. The lowest BCUT2D eigenvalue weighted by Gasteiger charge is -2.30. The second kappa shape index (κ2) is 17.9. The van der Waals surface area contributed by atoms with Gasteiger partial charge in [-0.2, -0.15) is 0 Å². The van der Waals surface area contributed by atoms with E-state index in [0.29, 0.717) is 25.8 Å². The summed E-state index contributed by atoms with van der Waals surface area (Å²) in [5.41, 5.74) is 8.49. The first-order chi connectivity index (χ1) is 23.5. The molecular formula is C38H47N5O6. The van der Waals surface area contributed by atoms with Crippen LogP contribution in [0.5, 0.6) is 0 Å². The number of likely N-dealkylation sites (tertiary alicyclic amines) is 1. The molecule has 0 saturated carbocycles. The Morgan fingerprint density at radius 3 is 1.67 bits per heavy atom. The highest BCUT2D eigenvalue weighted by Crippen LogP contribution is 2.21. The molecule has 4 rings (SSSR count). The highest BCUT2D eigenvalue weighted by atomic mass is 16.4. The van der Waals surface area contributed by atoms with E-state index in [1.165, 1.54) is 4.90 Å². The molecule has 0 aromatic heterocycles. The Morgan fingerprint density at radius 2 is 1.18 bits per heavy atom. The molecule has 1 aliphatic heterocycles. The number of carbonyl (C=O) groups excluding carboxylic acids is 4.